The predicted octanol–water partition coefficient (Wildman–Crippen LogP) is 2.72. The Labute approximate surface area is 123 Å². The Balaban J connectivity index is 0.00000180. The highest BCUT2D eigenvalue weighted by Crippen LogP contribution is 2.19. The average molecular weight is 307 g/mol. The van der Waals surface area contributed by atoms with Crippen molar-refractivity contribution in [2.75, 3.05) is 20.1 Å². The summed E-state index contributed by atoms with van der Waals surface area (Å²) in [6.45, 7) is 1.44. The molecule has 0 radical (unpaired) electrons. The molecule has 0 spiro atoms. The Morgan fingerprint density at radius 2 is 2.05 bits per heavy atom. The van der Waals surface area contributed by atoms with Crippen LogP contribution in [0, 0.1) is 5.82 Å². The Hall–Kier alpha value is -0.840. The van der Waals surface area contributed by atoms with Crippen LogP contribution in [0.15, 0.2) is 18.2 Å². The summed E-state index contributed by atoms with van der Waals surface area (Å²) in [6.07, 6.45) is 1.88. The monoisotopic (exact) mass is 306 g/mol. The fourth-order valence-corrected chi connectivity index (χ4v) is 2.36. The van der Waals surface area contributed by atoms with Gasteiger partial charge >= 0.3 is 0 Å². The molecule has 19 heavy (non-hydrogen) atoms. The van der Waals surface area contributed by atoms with E-state index in [1.165, 1.54) is 18.2 Å². The van der Waals surface area contributed by atoms with Crippen molar-refractivity contribution >= 4 is 29.9 Å². The van der Waals surface area contributed by atoms with E-state index < -0.39 is 5.82 Å². The minimum atomic E-state index is -0.498. The maximum Gasteiger partial charge on any atom is 0.253 e. The quantitative estimate of drug-likeness (QED) is 0.911. The number of carbonyl (C=O) groups excluding carboxylic acids is 1. The van der Waals surface area contributed by atoms with Crippen molar-refractivity contribution in [1.29, 1.82) is 0 Å². The van der Waals surface area contributed by atoms with Crippen LogP contribution >= 0.6 is 24.0 Å². The molecule has 1 aliphatic rings. The number of rotatable bonds is 2. The second-order valence-electron chi connectivity index (χ2n) is 4.48. The van der Waals surface area contributed by atoms with Crippen LogP contribution in [-0.2, 0) is 0 Å². The Bertz CT molecular complexity index is 448. The number of halogens is 3. The number of hydrogen-bond donors (Lipinski definition) is 1. The van der Waals surface area contributed by atoms with Gasteiger partial charge in [-0.3, -0.25) is 4.79 Å². The number of piperidine rings is 1. The van der Waals surface area contributed by atoms with Gasteiger partial charge in [0.15, 0.2) is 0 Å². The van der Waals surface area contributed by atoms with E-state index in [9.17, 15) is 9.18 Å². The van der Waals surface area contributed by atoms with Gasteiger partial charge in [-0.2, -0.15) is 0 Å². The largest absolute Gasteiger partial charge is 0.339 e. The molecular formula is C13H17Cl2FN2O. The molecule has 2 rings (SSSR count). The van der Waals surface area contributed by atoms with Gasteiger partial charge in [-0.1, -0.05) is 11.6 Å². The number of likely N-dealkylation sites (tertiary alicyclic amines) is 1. The summed E-state index contributed by atoms with van der Waals surface area (Å²) >= 11 is 5.69. The number of carbonyl (C=O) groups is 1. The van der Waals surface area contributed by atoms with Gasteiger partial charge in [0.2, 0.25) is 0 Å². The Kier molecular flexibility index (Phi) is 6.04. The summed E-state index contributed by atoms with van der Waals surface area (Å²) in [6, 6.07) is 4.58. The molecule has 1 N–H and O–H groups in total. The lowest BCUT2D eigenvalue weighted by molar-refractivity contribution is 0.0707. The molecule has 0 bridgehead atoms. The normalized spacial score (nSPS) is 16.1. The summed E-state index contributed by atoms with van der Waals surface area (Å²) in [4.78, 5) is 14.0. The first-order chi connectivity index (χ1) is 8.61. The molecular weight excluding hydrogens is 290 g/mol. The second-order valence-corrected chi connectivity index (χ2v) is 4.89. The van der Waals surface area contributed by atoms with Gasteiger partial charge in [0.1, 0.15) is 5.82 Å². The molecule has 1 aliphatic heterocycles. The summed E-state index contributed by atoms with van der Waals surface area (Å²) in [5, 5.41) is 3.20. The molecule has 1 aromatic carbocycles. The maximum atomic E-state index is 13.0. The van der Waals surface area contributed by atoms with E-state index in [2.05, 4.69) is 5.32 Å². The van der Waals surface area contributed by atoms with Crippen molar-refractivity contribution in [3.8, 4) is 0 Å². The molecule has 1 amide bonds. The first-order valence-corrected chi connectivity index (χ1v) is 6.41. The van der Waals surface area contributed by atoms with Crippen molar-refractivity contribution in [2.45, 2.75) is 18.9 Å². The van der Waals surface area contributed by atoms with Gasteiger partial charge in [0.25, 0.3) is 5.91 Å². The van der Waals surface area contributed by atoms with E-state index in [-0.39, 0.29) is 23.3 Å². The Morgan fingerprint density at radius 3 is 2.58 bits per heavy atom. The molecule has 1 aromatic rings. The minimum absolute atomic E-state index is 0. The molecule has 0 saturated carbocycles. The topological polar surface area (TPSA) is 32.3 Å². The zero-order valence-corrected chi connectivity index (χ0v) is 12.2. The number of benzene rings is 1. The maximum absolute atomic E-state index is 13.0. The van der Waals surface area contributed by atoms with E-state index in [1.807, 2.05) is 7.05 Å². The van der Waals surface area contributed by atoms with Crippen molar-refractivity contribution in [1.82, 2.24) is 10.2 Å². The summed E-state index contributed by atoms with van der Waals surface area (Å²) in [5.41, 5.74) is 0.448. The summed E-state index contributed by atoms with van der Waals surface area (Å²) in [7, 11) is 1.93. The van der Waals surface area contributed by atoms with Gasteiger partial charge in [0, 0.05) is 24.7 Å². The highest BCUT2D eigenvalue weighted by atomic mass is 35.5. The molecule has 0 atom stereocenters. The van der Waals surface area contributed by atoms with Gasteiger partial charge in [0.05, 0.1) is 5.02 Å². The lowest BCUT2D eigenvalue weighted by Crippen LogP contribution is -2.43. The average Bonchev–Trinajstić information content (AvgIpc) is 2.41. The number of nitrogens with one attached hydrogen (secondary N) is 1. The zero-order chi connectivity index (χ0) is 13.1. The molecule has 3 nitrogen and oxygen atoms in total. The van der Waals surface area contributed by atoms with Gasteiger partial charge in [-0.05, 0) is 38.1 Å². The first-order valence-electron chi connectivity index (χ1n) is 6.03. The molecule has 106 valence electrons. The van der Waals surface area contributed by atoms with Crippen LogP contribution in [0.4, 0.5) is 4.39 Å². The van der Waals surface area contributed by atoms with Crippen LogP contribution in [0.2, 0.25) is 5.02 Å². The fraction of sp³-hybridized carbons (Fsp3) is 0.462. The molecule has 6 heteroatoms. The molecule has 0 aliphatic carbocycles. The first kappa shape index (κ1) is 16.2. The molecule has 0 aromatic heterocycles. The van der Waals surface area contributed by atoms with Crippen LogP contribution in [0.1, 0.15) is 23.2 Å². The van der Waals surface area contributed by atoms with Gasteiger partial charge < -0.3 is 10.2 Å². The van der Waals surface area contributed by atoms with E-state index in [0.29, 0.717) is 11.6 Å². The molecule has 1 fully saturated rings. The SMILES string of the molecule is CNC1CCN(C(=O)c2ccc(F)c(Cl)c2)CC1.Cl. The minimum Gasteiger partial charge on any atom is -0.339 e. The highest BCUT2D eigenvalue weighted by Gasteiger charge is 2.23. The molecule has 1 heterocycles. The van der Waals surface area contributed by atoms with Crippen LogP contribution in [0.3, 0.4) is 0 Å². The van der Waals surface area contributed by atoms with E-state index in [4.69, 9.17) is 11.6 Å². The van der Waals surface area contributed by atoms with Crippen molar-refractivity contribution < 1.29 is 9.18 Å². The van der Waals surface area contributed by atoms with Crippen molar-refractivity contribution in [3.05, 3.63) is 34.6 Å². The third kappa shape index (κ3) is 3.81. The predicted molar refractivity (Wildman–Crippen MR) is 76.6 cm³/mol. The number of hydrogen-bond acceptors (Lipinski definition) is 2. The van der Waals surface area contributed by atoms with Crippen molar-refractivity contribution in [3.63, 3.8) is 0 Å². The van der Waals surface area contributed by atoms with Crippen LogP contribution in [0.25, 0.3) is 0 Å². The lowest BCUT2D eigenvalue weighted by Gasteiger charge is -2.31. The number of nitrogens with zero attached hydrogens (tertiary/aromatic N) is 1. The standard InChI is InChI=1S/C13H16ClFN2O.ClH/c1-16-10-4-6-17(7-5-10)13(18)9-2-3-12(15)11(14)8-9;/h2-3,8,10,16H,4-7H2,1H3;1H. The second kappa shape index (κ2) is 7.08. The smallest absolute Gasteiger partial charge is 0.253 e. The summed E-state index contributed by atoms with van der Waals surface area (Å²) < 4.78 is 13.0. The summed E-state index contributed by atoms with van der Waals surface area (Å²) in [5.74, 6) is -0.575. The van der Waals surface area contributed by atoms with Crippen LogP contribution < -0.4 is 5.32 Å². The van der Waals surface area contributed by atoms with Crippen molar-refractivity contribution in [2.24, 2.45) is 0 Å². The third-order valence-corrected chi connectivity index (χ3v) is 3.65. The van der Waals surface area contributed by atoms with E-state index >= 15 is 0 Å². The van der Waals surface area contributed by atoms with Gasteiger partial charge in [-0.15, -0.1) is 12.4 Å². The number of amides is 1. The highest BCUT2D eigenvalue weighted by molar-refractivity contribution is 6.31. The van der Waals surface area contributed by atoms with Crippen LogP contribution in [0.5, 0.6) is 0 Å². The molecule has 0 unspecified atom stereocenters. The third-order valence-electron chi connectivity index (χ3n) is 3.36. The molecule has 1 saturated heterocycles. The lowest BCUT2D eigenvalue weighted by atomic mass is 10.0. The Morgan fingerprint density at radius 1 is 1.42 bits per heavy atom. The van der Waals surface area contributed by atoms with E-state index in [1.54, 1.807) is 4.90 Å². The zero-order valence-electron chi connectivity index (χ0n) is 10.7. The van der Waals surface area contributed by atoms with E-state index in [0.717, 1.165) is 25.9 Å². The van der Waals surface area contributed by atoms with Crippen LogP contribution in [-0.4, -0.2) is 37.0 Å². The fourth-order valence-electron chi connectivity index (χ4n) is 2.18. The van der Waals surface area contributed by atoms with Gasteiger partial charge in [-0.25, -0.2) is 4.39 Å².